The van der Waals surface area contributed by atoms with E-state index < -0.39 is 11.9 Å². The first-order valence-electron chi connectivity index (χ1n) is 6.92. The second kappa shape index (κ2) is 9.18. The van der Waals surface area contributed by atoms with Gasteiger partial charge in [-0.05, 0) is 11.8 Å². The van der Waals surface area contributed by atoms with Crippen LogP contribution in [0.3, 0.4) is 0 Å². The van der Waals surface area contributed by atoms with E-state index in [0.29, 0.717) is 19.0 Å². The zero-order valence-corrected chi connectivity index (χ0v) is 12.7. The molecule has 0 aromatic carbocycles. The van der Waals surface area contributed by atoms with Gasteiger partial charge in [0, 0.05) is 19.6 Å². The summed E-state index contributed by atoms with van der Waals surface area (Å²) in [6.07, 6.45) is 0.271. The number of carbonyl (C=O) groups excluding carboxylic acids is 1. The number of aliphatic carboxylic acids is 1. The van der Waals surface area contributed by atoms with Crippen molar-refractivity contribution >= 4 is 12.0 Å². The maximum atomic E-state index is 12.0. The van der Waals surface area contributed by atoms with Crippen molar-refractivity contribution in [1.82, 2.24) is 10.2 Å². The van der Waals surface area contributed by atoms with E-state index in [0.717, 1.165) is 0 Å². The van der Waals surface area contributed by atoms with Gasteiger partial charge in [0.05, 0.1) is 18.4 Å². The zero-order valence-electron chi connectivity index (χ0n) is 12.7. The van der Waals surface area contributed by atoms with Crippen LogP contribution >= 0.6 is 0 Å². The molecule has 6 nitrogen and oxygen atoms in total. The largest absolute Gasteiger partial charge is 0.481 e. The second-order valence-corrected chi connectivity index (χ2v) is 5.62. The quantitative estimate of drug-likeness (QED) is 0.711. The number of nitriles is 1. The van der Waals surface area contributed by atoms with Crippen molar-refractivity contribution in [3.8, 4) is 6.07 Å². The average Bonchev–Trinajstić information content (AvgIpc) is 2.33. The molecule has 0 spiro atoms. The van der Waals surface area contributed by atoms with Crippen LogP contribution in [0.15, 0.2) is 0 Å². The van der Waals surface area contributed by atoms with Crippen LogP contribution in [0.5, 0.6) is 0 Å². The molecule has 0 aromatic heterocycles. The molecule has 0 radical (unpaired) electrons. The van der Waals surface area contributed by atoms with Crippen LogP contribution in [0, 0.1) is 29.1 Å². The summed E-state index contributed by atoms with van der Waals surface area (Å²) in [6, 6.07) is 1.71. The summed E-state index contributed by atoms with van der Waals surface area (Å²) in [5, 5.41) is 20.3. The Balaban J connectivity index is 4.51. The Labute approximate surface area is 120 Å². The molecule has 1 unspecified atom stereocenters. The molecule has 0 saturated heterocycles. The first-order chi connectivity index (χ1) is 9.29. The summed E-state index contributed by atoms with van der Waals surface area (Å²) in [7, 11) is 0. The third-order valence-corrected chi connectivity index (χ3v) is 2.96. The Morgan fingerprint density at radius 3 is 2.30 bits per heavy atom. The molecule has 0 saturated carbocycles. The highest BCUT2D eigenvalue weighted by atomic mass is 16.4. The average molecular weight is 283 g/mol. The van der Waals surface area contributed by atoms with Crippen molar-refractivity contribution in [2.24, 2.45) is 17.8 Å². The van der Waals surface area contributed by atoms with Gasteiger partial charge in [-0.25, -0.2) is 4.79 Å². The number of nitrogens with zero attached hydrogens (tertiary/aromatic N) is 2. The van der Waals surface area contributed by atoms with Crippen molar-refractivity contribution in [2.75, 3.05) is 19.6 Å². The topological polar surface area (TPSA) is 93.4 Å². The molecule has 20 heavy (non-hydrogen) atoms. The van der Waals surface area contributed by atoms with Gasteiger partial charge in [0.25, 0.3) is 0 Å². The van der Waals surface area contributed by atoms with E-state index in [-0.39, 0.29) is 24.9 Å². The SMILES string of the molecule is CC(C)CN(CCC#N)C(=O)NCC(C(=O)O)C(C)C. The molecular weight excluding hydrogens is 258 g/mol. The van der Waals surface area contributed by atoms with Crippen LogP contribution in [-0.2, 0) is 4.79 Å². The Morgan fingerprint density at radius 2 is 1.90 bits per heavy atom. The number of carboxylic acids is 1. The van der Waals surface area contributed by atoms with Crippen molar-refractivity contribution in [3.63, 3.8) is 0 Å². The van der Waals surface area contributed by atoms with E-state index in [2.05, 4.69) is 5.32 Å². The Morgan fingerprint density at radius 1 is 1.30 bits per heavy atom. The first kappa shape index (κ1) is 18.2. The summed E-state index contributed by atoms with van der Waals surface area (Å²) in [5.74, 6) is -1.27. The standard InChI is InChI=1S/C14H25N3O3/c1-10(2)9-17(7-5-6-15)14(20)16-8-12(11(3)4)13(18)19/h10-12H,5,7-9H2,1-4H3,(H,16,20)(H,18,19). The van der Waals surface area contributed by atoms with Crippen molar-refractivity contribution in [3.05, 3.63) is 0 Å². The molecule has 0 aliphatic carbocycles. The fourth-order valence-corrected chi connectivity index (χ4v) is 1.82. The molecule has 6 heteroatoms. The highest BCUT2D eigenvalue weighted by Crippen LogP contribution is 2.10. The van der Waals surface area contributed by atoms with E-state index in [1.807, 2.05) is 33.8 Å². The van der Waals surface area contributed by atoms with Gasteiger partial charge in [0.1, 0.15) is 0 Å². The molecule has 0 aromatic rings. The third kappa shape index (κ3) is 6.98. The van der Waals surface area contributed by atoms with Gasteiger partial charge in [-0.1, -0.05) is 27.7 Å². The van der Waals surface area contributed by atoms with Crippen LogP contribution in [0.1, 0.15) is 34.1 Å². The molecule has 114 valence electrons. The van der Waals surface area contributed by atoms with Crippen molar-refractivity contribution < 1.29 is 14.7 Å². The van der Waals surface area contributed by atoms with Gasteiger partial charge in [-0.15, -0.1) is 0 Å². The smallest absolute Gasteiger partial charge is 0.317 e. The Hall–Kier alpha value is -1.77. The third-order valence-electron chi connectivity index (χ3n) is 2.96. The molecule has 0 bridgehead atoms. The predicted molar refractivity (Wildman–Crippen MR) is 76.0 cm³/mol. The number of amides is 2. The summed E-state index contributed by atoms with van der Waals surface area (Å²) in [6.45, 7) is 8.61. The van der Waals surface area contributed by atoms with E-state index in [9.17, 15) is 9.59 Å². The van der Waals surface area contributed by atoms with Crippen LogP contribution in [0.25, 0.3) is 0 Å². The summed E-state index contributed by atoms with van der Waals surface area (Å²) in [5.41, 5.74) is 0. The number of hydrogen-bond donors (Lipinski definition) is 2. The lowest BCUT2D eigenvalue weighted by Crippen LogP contribution is -2.45. The summed E-state index contributed by atoms with van der Waals surface area (Å²) < 4.78 is 0. The lowest BCUT2D eigenvalue weighted by molar-refractivity contribution is -0.142. The summed E-state index contributed by atoms with van der Waals surface area (Å²) >= 11 is 0. The van der Waals surface area contributed by atoms with Crippen LogP contribution < -0.4 is 5.32 Å². The van der Waals surface area contributed by atoms with Crippen LogP contribution in [-0.4, -0.2) is 41.6 Å². The highest BCUT2D eigenvalue weighted by Gasteiger charge is 2.23. The number of carboxylic acid groups (broad SMARTS) is 1. The Kier molecular flexibility index (Phi) is 8.37. The lowest BCUT2D eigenvalue weighted by Gasteiger charge is -2.25. The van der Waals surface area contributed by atoms with E-state index in [1.54, 1.807) is 4.90 Å². The maximum absolute atomic E-state index is 12.0. The number of nitrogens with one attached hydrogen (secondary N) is 1. The molecule has 0 rings (SSSR count). The minimum absolute atomic E-state index is 0.0505. The van der Waals surface area contributed by atoms with Crippen LogP contribution in [0.2, 0.25) is 0 Å². The molecule has 2 N–H and O–H groups in total. The molecular formula is C14H25N3O3. The van der Waals surface area contributed by atoms with Gasteiger partial charge in [-0.2, -0.15) is 5.26 Å². The zero-order chi connectivity index (χ0) is 15.7. The molecule has 0 heterocycles. The van der Waals surface area contributed by atoms with E-state index in [4.69, 9.17) is 10.4 Å². The molecule has 2 amide bonds. The normalized spacial score (nSPS) is 12.1. The second-order valence-electron chi connectivity index (χ2n) is 5.62. The molecule has 0 aliphatic rings. The first-order valence-corrected chi connectivity index (χ1v) is 6.92. The minimum atomic E-state index is -0.910. The van der Waals surface area contributed by atoms with E-state index in [1.165, 1.54) is 0 Å². The van der Waals surface area contributed by atoms with Gasteiger partial charge in [0.2, 0.25) is 0 Å². The van der Waals surface area contributed by atoms with Crippen molar-refractivity contribution in [2.45, 2.75) is 34.1 Å². The summed E-state index contributed by atoms with van der Waals surface area (Å²) in [4.78, 5) is 24.7. The number of urea groups is 1. The minimum Gasteiger partial charge on any atom is -0.481 e. The lowest BCUT2D eigenvalue weighted by atomic mass is 9.96. The fraction of sp³-hybridized carbons (Fsp3) is 0.786. The number of hydrogen-bond acceptors (Lipinski definition) is 3. The highest BCUT2D eigenvalue weighted by molar-refractivity contribution is 5.76. The van der Waals surface area contributed by atoms with Crippen LogP contribution in [0.4, 0.5) is 4.79 Å². The fourth-order valence-electron chi connectivity index (χ4n) is 1.82. The van der Waals surface area contributed by atoms with Gasteiger partial charge < -0.3 is 15.3 Å². The van der Waals surface area contributed by atoms with E-state index >= 15 is 0 Å². The number of carbonyl (C=O) groups is 2. The predicted octanol–water partition coefficient (Wildman–Crippen LogP) is 1.92. The molecule has 0 aliphatic heterocycles. The molecule has 0 fully saturated rings. The van der Waals surface area contributed by atoms with Gasteiger partial charge >= 0.3 is 12.0 Å². The maximum Gasteiger partial charge on any atom is 0.317 e. The van der Waals surface area contributed by atoms with Gasteiger partial charge in [0.15, 0.2) is 0 Å². The monoisotopic (exact) mass is 283 g/mol. The molecule has 1 atom stereocenters. The Bertz CT molecular complexity index is 361. The van der Waals surface area contributed by atoms with Gasteiger partial charge in [-0.3, -0.25) is 4.79 Å². The number of rotatable bonds is 8. The van der Waals surface area contributed by atoms with Crippen molar-refractivity contribution in [1.29, 1.82) is 5.26 Å².